The average molecular weight is 465 g/mol. The number of aliphatic hydroxyl groups excluding tert-OH is 1. The first-order chi connectivity index (χ1) is 15.9. The number of aliphatic hydroxyl groups is 1. The third-order valence-corrected chi connectivity index (χ3v) is 6.33. The molecule has 1 unspecified atom stereocenters. The Bertz CT molecular complexity index is 1270. The normalized spacial score (nSPS) is 17.3. The third kappa shape index (κ3) is 3.85. The number of nitrogens with zero attached hydrogens (tertiary/aromatic N) is 3. The number of aryl methyl sites for hydroxylation is 1. The second-order valence-corrected chi connectivity index (χ2v) is 8.06. The summed E-state index contributed by atoms with van der Waals surface area (Å²) in [6.45, 7) is 1.61. The Morgan fingerprint density at radius 2 is 1.76 bits per heavy atom. The molecule has 0 spiro atoms. The van der Waals surface area contributed by atoms with Crippen molar-refractivity contribution in [3.63, 3.8) is 0 Å². The van der Waals surface area contributed by atoms with Crippen LogP contribution in [0.5, 0.6) is 5.75 Å². The van der Waals surface area contributed by atoms with Gasteiger partial charge in [-0.1, -0.05) is 23.5 Å². The van der Waals surface area contributed by atoms with Crippen LogP contribution < -0.4 is 9.64 Å². The summed E-state index contributed by atoms with van der Waals surface area (Å²) < 4.78 is 10.00. The van der Waals surface area contributed by atoms with Gasteiger partial charge in [0.1, 0.15) is 16.4 Å². The number of thiazole rings is 1. The van der Waals surface area contributed by atoms with E-state index in [2.05, 4.69) is 9.97 Å². The first kappa shape index (κ1) is 22.2. The average Bonchev–Trinajstić information content (AvgIpc) is 3.35. The maximum absolute atomic E-state index is 13.2. The zero-order valence-electron chi connectivity index (χ0n) is 17.9. The van der Waals surface area contributed by atoms with Crippen LogP contribution in [0.15, 0.2) is 54.4 Å². The lowest BCUT2D eigenvalue weighted by Gasteiger charge is -2.23. The maximum Gasteiger partial charge on any atom is 0.350 e. The van der Waals surface area contributed by atoms with Gasteiger partial charge in [0.05, 0.1) is 31.5 Å². The minimum Gasteiger partial charge on any atom is -0.507 e. The molecule has 0 bridgehead atoms. The zero-order chi connectivity index (χ0) is 23.7. The van der Waals surface area contributed by atoms with E-state index in [1.807, 2.05) is 0 Å². The molecule has 3 heterocycles. The topological polar surface area (TPSA) is 119 Å². The molecule has 1 aliphatic rings. The molecule has 9 nitrogen and oxygen atoms in total. The zero-order valence-corrected chi connectivity index (χ0v) is 18.8. The van der Waals surface area contributed by atoms with Crippen LogP contribution in [0.1, 0.15) is 32.5 Å². The molecule has 1 fully saturated rings. The fraction of sp³-hybridized carbons (Fsp3) is 0.174. The number of benzene rings is 1. The number of Topliss-reactive ketones (excluding diaryl/α,β-unsaturated/α-hetero) is 1. The summed E-state index contributed by atoms with van der Waals surface area (Å²) in [5.74, 6) is -2.07. The summed E-state index contributed by atoms with van der Waals surface area (Å²) in [6, 6.07) is 8.88. The highest BCUT2D eigenvalue weighted by Crippen LogP contribution is 2.44. The third-order valence-electron chi connectivity index (χ3n) is 5.19. The van der Waals surface area contributed by atoms with Gasteiger partial charge in [0, 0.05) is 18.0 Å². The number of esters is 1. The molecule has 3 aromatic rings. The number of rotatable bonds is 5. The maximum atomic E-state index is 13.2. The number of amides is 1. The van der Waals surface area contributed by atoms with E-state index in [0.717, 1.165) is 11.3 Å². The number of anilines is 1. The number of ether oxygens (including phenoxy) is 2. The molecule has 1 amide bonds. The molecule has 1 saturated heterocycles. The van der Waals surface area contributed by atoms with E-state index in [4.69, 9.17) is 9.47 Å². The van der Waals surface area contributed by atoms with Gasteiger partial charge in [0.25, 0.3) is 5.78 Å². The Hall–Kier alpha value is -4.05. The Balaban J connectivity index is 1.92. The molecular formula is C23H19N3O6S. The second kappa shape index (κ2) is 8.83. The number of ketones is 1. The van der Waals surface area contributed by atoms with E-state index in [0.29, 0.717) is 22.6 Å². The fourth-order valence-corrected chi connectivity index (χ4v) is 4.58. The summed E-state index contributed by atoms with van der Waals surface area (Å²) in [6.07, 6.45) is 2.95. The summed E-state index contributed by atoms with van der Waals surface area (Å²) in [7, 11) is 2.77. The van der Waals surface area contributed by atoms with Gasteiger partial charge < -0.3 is 14.6 Å². The van der Waals surface area contributed by atoms with Crippen molar-refractivity contribution in [3.8, 4) is 5.75 Å². The van der Waals surface area contributed by atoms with Crippen LogP contribution in [0.4, 0.5) is 5.13 Å². The molecule has 4 rings (SSSR count). The van der Waals surface area contributed by atoms with Gasteiger partial charge in [-0.05, 0) is 36.8 Å². The number of hydrogen-bond donors (Lipinski definition) is 1. The standard InChI is InChI=1S/C23H19N3O6S/c1-12-20(22(30)32-3)33-23(25-12)26-17(13-4-6-15(31-2)7-5-13)16(19(28)21(26)29)18(27)14-8-10-24-11-9-14/h4-11,17,27H,1-3H3/b18-16+. The van der Waals surface area contributed by atoms with Gasteiger partial charge in [-0.15, -0.1) is 0 Å². The van der Waals surface area contributed by atoms with Gasteiger partial charge >= 0.3 is 11.9 Å². The fourth-order valence-electron chi connectivity index (χ4n) is 3.56. The minimum atomic E-state index is -0.972. The van der Waals surface area contributed by atoms with Gasteiger partial charge in [-0.25, -0.2) is 9.78 Å². The van der Waals surface area contributed by atoms with Crippen molar-refractivity contribution in [1.82, 2.24) is 9.97 Å². The lowest BCUT2D eigenvalue weighted by atomic mass is 9.95. The predicted octanol–water partition coefficient (Wildman–Crippen LogP) is 3.27. The van der Waals surface area contributed by atoms with Crippen molar-refractivity contribution >= 4 is 39.9 Å². The number of methoxy groups -OCH3 is 2. The molecule has 2 aromatic heterocycles. The first-order valence-electron chi connectivity index (χ1n) is 9.78. The number of carbonyl (C=O) groups excluding carboxylic acids is 3. The highest BCUT2D eigenvalue weighted by atomic mass is 32.1. The van der Waals surface area contributed by atoms with Gasteiger partial charge in [-0.3, -0.25) is 19.5 Å². The molecule has 0 radical (unpaired) electrons. The molecule has 1 N–H and O–H groups in total. The molecule has 0 saturated carbocycles. The van der Waals surface area contributed by atoms with Gasteiger partial charge in [0.15, 0.2) is 5.13 Å². The smallest absolute Gasteiger partial charge is 0.350 e. The molecule has 33 heavy (non-hydrogen) atoms. The number of pyridine rings is 1. The first-order valence-corrected chi connectivity index (χ1v) is 10.6. The van der Waals surface area contributed by atoms with Crippen LogP contribution in [-0.4, -0.2) is 47.0 Å². The largest absolute Gasteiger partial charge is 0.507 e. The molecule has 0 aliphatic carbocycles. The Labute approximate surface area is 192 Å². The number of hydrogen-bond acceptors (Lipinski definition) is 9. The quantitative estimate of drug-likeness (QED) is 0.264. The highest BCUT2D eigenvalue weighted by molar-refractivity contribution is 7.17. The monoisotopic (exact) mass is 465 g/mol. The van der Waals surface area contributed by atoms with Crippen molar-refractivity contribution in [1.29, 1.82) is 0 Å². The van der Waals surface area contributed by atoms with E-state index >= 15 is 0 Å². The lowest BCUT2D eigenvalue weighted by Crippen LogP contribution is -2.29. The van der Waals surface area contributed by atoms with Crippen LogP contribution >= 0.6 is 11.3 Å². The summed E-state index contributed by atoms with van der Waals surface area (Å²) in [5.41, 5.74) is 1.17. The van der Waals surface area contributed by atoms with Crippen molar-refractivity contribution in [2.24, 2.45) is 0 Å². The Kier molecular flexibility index (Phi) is 5.93. The van der Waals surface area contributed by atoms with Crippen LogP contribution in [0.25, 0.3) is 5.76 Å². The van der Waals surface area contributed by atoms with Gasteiger partial charge in [0.2, 0.25) is 0 Å². The van der Waals surface area contributed by atoms with E-state index < -0.39 is 23.7 Å². The lowest BCUT2D eigenvalue weighted by molar-refractivity contribution is -0.132. The van der Waals surface area contributed by atoms with Gasteiger partial charge in [-0.2, -0.15) is 0 Å². The van der Waals surface area contributed by atoms with Crippen molar-refractivity contribution in [3.05, 3.63) is 76.1 Å². The highest BCUT2D eigenvalue weighted by Gasteiger charge is 2.48. The van der Waals surface area contributed by atoms with Crippen molar-refractivity contribution in [2.75, 3.05) is 19.1 Å². The van der Waals surface area contributed by atoms with Crippen molar-refractivity contribution in [2.45, 2.75) is 13.0 Å². The Morgan fingerprint density at radius 1 is 1.09 bits per heavy atom. The van der Waals surface area contributed by atoms with E-state index in [9.17, 15) is 19.5 Å². The van der Waals surface area contributed by atoms with Crippen LogP contribution in [0.3, 0.4) is 0 Å². The number of aromatic nitrogens is 2. The number of carbonyl (C=O) groups is 3. The molecular weight excluding hydrogens is 446 g/mol. The van der Waals surface area contributed by atoms with E-state index in [1.165, 1.54) is 43.6 Å². The van der Waals surface area contributed by atoms with E-state index in [-0.39, 0.29) is 21.3 Å². The molecule has 168 valence electrons. The van der Waals surface area contributed by atoms with Crippen LogP contribution in [0.2, 0.25) is 0 Å². The van der Waals surface area contributed by atoms with Crippen LogP contribution in [0, 0.1) is 6.92 Å². The van der Waals surface area contributed by atoms with Crippen molar-refractivity contribution < 1.29 is 29.0 Å². The predicted molar refractivity (Wildman–Crippen MR) is 120 cm³/mol. The molecule has 1 atom stereocenters. The molecule has 1 aromatic carbocycles. The Morgan fingerprint density at radius 3 is 2.36 bits per heavy atom. The summed E-state index contributed by atoms with van der Waals surface area (Å²) >= 11 is 0.939. The minimum absolute atomic E-state index is 0.0937. The summed E-state index contributed by atoms with van der Waals surface area (Å²) in [4.78, 5) is 48.1. The second-order valence-electron chi connectivity index (χ2n) is 7.08. The SMILES string of the molecule is COC(=O)c1sc(N2C(=O)C(=O)/C(=C(/O)c3ccncc3)C2c2ccc(OC)cc2)nc1C. The summed E-state index contributed by atoms with van der Waals surface area (Å²) in [5, 5.41) is 11.2. The van der Waals surface area contributed by atoms with E-state index in [1.54, 1.807) is 31.2 Å². The molecule has 10 heteroatoms. The van der Waals surface area contributed by atoms with Crippen LogP contribution in [-0.2, 0) is 14.3 Å². The molecule has 1 aliphatic heterocycles.